The fourth-order valence-corrected chi connectivity index (χ4v) is 2.39. The van der Waals surface area contributed by atoms with Crippen molar-refractivity contribution in [3.8, 4) is 0 Å². The highest BCUT2D eigenvalue weighted by Crippen LogP contribution is 2.09. The number of carbonyl (C=O) groups is 2. The largest absolute Gasteiger partial charge is 0.476 e. The van der Waals surface area contributed by atoms with Crippen LogP contribution in [0.15, 0.2) is 17.6 Å². The Morgan fingerprint density at radius 2 is 2.24 bits per heavy atom. The van der Waals surface area contributed by atoms with Crippen LogP contribution in [0.3, 0.4) is 0 Å². The lowest BCUT2D eigenvalue weighted by molar-refractivity contribution is 0.0691. The number of rotatable bonds is 6. The lowest BCUT2D eigenvalue weighted by atomic mass is 10.4. The number of aromatic nitrogens is 3. The number of aryl methyl sites for hydroxylation is 1. The van der Waals surface area contributed by atoms with Crippen molar-refractivity contribution in [2.75, 3.05) is 6.54 Å². The summed E-state index contributed by atoms with van der Waals surface area (Å²) in [5, 5.41) is 20.3. The SMILES string of the molecule is Cn1nccc1CNC(=O)NCCc1nc(C(=O)O)cs1. The zero-order valence-electron chi connectivity index (χ0n) is 11.4. The van der Waals surface area contributed by atoms with Gasteiger partial charge in [0, 0.05) is 31.6 Å². The molecule has 0 aromatic carbocycles. The highest BCUT2D eigenvalue weighted by Gasteiger charge is 2.09. The molecule has 2 amide bonds. The van der Waals surface area contributed by atoms with Crippen molar-refractivity contribution in [3.05, 3.63) is 34.0 Å². The molecule has 0 fully saturated rings. The number of nitrogens with one attached hydrogen (secondary N) is 2. The van der Waals surface area contributed by atoms with Gasteiger partial charge in [-0.1, -0.05) is 0 Å². The molecule has 21 heavy (non-hydrogen) atoms. The standard InChI is InChI=1S/C12H15N5O3S/c1-17-8(2-5-15-17)6-14-12(20)13-4-3-10-16-9(7-21-10)11(18)19/h2,5,7H,3-4,6H2,1H3,(H,18,19)(H2,13,14,20). The molecule has 2 aromatic heterocycles. The van der Waals surface area contributed by atoms with Gasteiger partial charge in [0.1, 0.15) is 0 Å². The molecule has 0 spiro atoms. The lowest BCUT2D eigenvalue weighted by Crippen LogP contribution is -2.36. The summed E-state index contributed by atoms with van der Waals surface area (Å²) in [5.41, 5.74) is 0.937. The Kier molecular flexibility index (Phi) is 4.88. The molecule has 0 saturated heterocycles. The summed E-state index contributed by atoms with van der Waals surface area (Å²) in [6.45, 7) is 0.784. The average Bonchev–Trinajstić information content (AvgIpc) is 3.06. The molecule has 0 aliphatic heterocycles. The maximum absolute atomic E-state index is 11.6. The zero-order valence-corrected chi connectivity index (χ0v) is 12.2. The smallest absolute Gasteiger partial charge is 0.355 e. The molecule has 0 aliphatic carbocycles. The summed E-state index contributed by atoms with van der Waals surface area (Å²) in [7, 11) is 1.80. The number of carbonyl (C=O) groups excluding carboxylic acids is 1. The van der Waals surface area contributed by atoms with Crippen LogP contribution in [-0.4, -0.2) is 38.4 Å². The Morgan fingerprint density at radius 1 is 1.43 bits per heavy atom. The van der Waals surface area contributed by atoms with Crippen LogP contribution in [0.5, 0.6) is 0 Å². The van der Waals surface area contributed by atoms with Crippen molar-refractivity contribution in [3.63, 3.8) is 0 Å². The number of nitrogens with zero attached hydrogens (tertiary/aromatic N) is 3. The number of hydrogen-bond acceptors (Lipinski definition) is 5. The quantitative estimate of drug-likeness (QED) is 0.724. The van der Waals surface area contributed by atoms with E-state index in [9.17, 15) is 9.59 Å². The normalized spacial score (nSPS) is 10.3. The van der Waals surface area contributed by atoms with Crippen molar-refractivity contribution >= 4 is 23.3 Å². The van der Waals surface area contributed by atoms with Gasteiger partial charge >= 0.3 is 12.0 Å². The summed E-state index contributed by atoms with van der Waals surface area (Å²) >= 11 is 1.27. The second kappa shape index (κ2) is 6.84. The van der Waals surface area contributed by atoms with E-state index in [4.69, 9.17) is 5.11 Å². The lowest BCUT2D eigenvalue weighted by Gasteiger charge is -2.07. The van der Waals surface area contributed by atoms with Crippen LogP contribution in [0.1, 0.15) is 21.2 Å². The Bertz CT molecular complexity index is 636. The van der Waals surface area contributed by atoms with Gasteiger partial charge in [-0.3, -0.25) is 4.68 Å². The summed E-state index contributed by atoms with van der Waals surface area (Å²) in [4.78, 5) is 26.2. The monoisotopic (exact) mass is 309 g/mol. The Labute approximate surface area is 124 Å². The average molecular weight is 309 g/mol. The van der Waals surface area contributed by atoms with Crippen LogP contribution in [0, 0.1) is 0 Å². The van der Waals surface area contributed by atoms with Crippen LogP contribution in [0.4, 0.5) is 4.79 Å². The molecule has 0 bridgehead atoms. The molecule has 2 aromatic rings. The molecule has 0 aliphatic rings. The first-order chi connectivity index (χ1) is 10.1. The highest BCUT2D eigenvalue weighted by atomic mass is 32.1. The van der Waals surface area contributed by atoms with E-state index in [-0.39, 0.29) is 11.7 Å². The number of carboxylic acid groups (broad SMARTS) is 1. The van der Waals surface area contributed by atoms with Gasteiger partial charge in [-0.25, -0.2) is 14.6 Å². The third-order valence-corrected chi connectivity index (χ3v) is 3.66. The molecule has 0 unspecified atom stereocenters. The van der Waals surface area contributed by atoms with Crippen LogP contribution in [-0.2, 0) is 20.0 Å². The molecule has 0 radical (unpaired) electrons. The third kappa shape index (κ3) is 4.28. The highest BCUT2D eigenvalue weighted by molar-refractivity contribution is 7.09. The molecule has 2 rings (SSSR count). The predicted octanol–water partition coefficient (Wildman–Crippen LogP) is 0.617. The first kappa shape index (κ1) is 15.0. The maximum Gasteiger partial charge on any atom is 0.355 e. The summed E-state index contributed by atoms with van der Waals surface area (Å²) < 4.78 is 1.68. The van der Waals surface area contributed by atoms with E-state index in [1.165, 1.54) is 16.7 Å². The second-order valence-electron chi connectivity index (χ2n) is 4.24. The molecule has 9 heteroatoms. The van der Waals surface area contributed by atoms with E-state index in [1.807, 2.05) is 6.07 Å². The summed E-state index contributed by atoms with van der Waals surface area (Å²) in [5.74, 6) is -1.04. The number of carboxylic acids is 1. The minimum absolute atomic E-state index is 0.0376. The maximum atomic E-state index is 11.6. The van der Waals surface area contributed by atoms with E-state index < -0.39 is 5.97 Å². The van der Waals surface area contributed by atoms with Crippen LogP contribution < -0.4 is 10.6 Å². The van der Waals surface area contributed by atoms with E-state index in [1.54, 1.807) is 17.9 Å². The minimum Gasteiger partial charge on any atom is -0.476 e. The molecule has 112 valence electrons. The van der Waals surface area contributed by atoms with Crippen LogP contribution in [0.2, 0.25) is 0 Å². The fourth-order valence-electron chi connectivity index (χ4n) is 1.61. The van der Waals surface area contributed by atoms with Gasteiger partial charge in [0.15, 0.2) is 5.69 Å². The van der Waals surface area contributed by atoms with Gasteiger partial charge < -0.3 is 15.7 Å². The molecule has 3 N–H and O–H groups in total. The first-order valence-electron chi connectivity index (χ1n) is 6.22. The Balaban J connectivity index is 1.69. The van der Waals surface area contributed by atoms with E-state index in [0.717, 1.165) is 5.69 Å². The molecule has 8 nitrogen and oxygen atoms in total. The van der Waals surface area contributed by atoms with Crippen molar-refractivity contribution in [1.82, 2.24) is 25.4 Å². The van der Waals surface area contributed by atoms with Gasteiger partial charge in [-0.2, -0.15) is 5.10 Å². The number of urea groups is 1. The van der Waals surface area contributed by atoms with Gasteiger partial charge in [-0.05, 0) is 6.07 Å². The van der Waals surface area contributed by atoms with Crippen LogP contribution >= 0.6 is 11.3 Å². The van der Waals surface area contributed by atoms with Gasteiger partial charge in [0.25, 0.3) is 0 Å². The molecule has 0 atom stereocenters. The van der Waals surface area contributed by atoms with Gasteiger partial charge in [-0.15, -0.1) is 11.3 Å². The number of hydrogen-bond donors (Lipinski definition) is 3. The predicted molar refractivity (Wildman–Crippen MR) is 76.2 cm³/mol. The van der Waals surface area contributed by atoms with Crippen LogP contribution in [0.25, 0.3) is 0 Å². The Morgan fingerprint density at radius 3 is 2.86 bits per heavy atom. The minimum atomic E-state index is -1.04. The molecule has 2 heterocycles. The summed E-state index contributed by atoms with van der Waals surface area (Å²) in [6, 6.07) is 1.54. The van der Waals surface area contributed by atoms with Crippen molar-refractivity contribution in [2.45, 2.75) is 13.0 Å². The van der Waals surface area contributed by atoms with Crippen molar-refractivity contribution in [1.29, 1.82) is 0 Å². The van der Waals surface area contributed by atoms with Crippen molar-refractivity contribution in [2.24, 2.45) is 7.05 Å². The second-order valence-corrected chi connectivity index (χ2v) is 5.18. The van der Waals surface area contributed by atoms with Crippen molar-refractivity contribution < 1.29 is 14.7 Å². The molecular formula is C12H15N5O3S. The molecule has 0 saturated carbocycles. The number of thiazole rings is 1. The zero-order chi connectivity index (χ0) is 15.2. The van der Waals surface area contributed by atoms with E-state index >= 15 is 0 Å². The van der Waals surface area contributed by atoms with E-state index in [0.29, 0.717) is 24.5 Å². The number of aromatic carboxylic acids is 1. The topological polar surface area (TPSA) is 109 Å². The Hall–Kier alpha value is -2.42. The van der Waals surface area contributed by atoms with Gasteiger partial charge in [0.2, 0.25) is 0 Å². The third-order valence-electron chi connectivity index (χ3n) is 2.75. The summed E-state index contributed by atoms with van der Waals surface area (Å²) in [6.07, 6.45) is 2.16. The van der Waals surface area contributed by atoms with E-state index in [2.05, 4.69) is 20.7 Å². The fraction of sp³-hybridized carbons (Fsp3) is 0.333. The first-order valence-corrected chi connectivity index (χ1v) is 7.10. The molecular weight excluding hydrogens is 294 g/mol. The number of amides is 2. The van der Waals surface area contributed by atoms with Gasteiger partial charge in [0.05, 0.1) is 17.2 Å².